The summed E-state index contributed by atoms with van der Waals surface area (Å²) in [6, 6.07) is -0.623. The lowest BCUT2D eigenvalue weighted by atomic mass is 9.89. The molecule has 1 aromatic heterocycles. The van der Waals surface area contributed by atoms with Crippen molar-refractivity contribution >= 4 is 22.6 Å². The number of hydrogen-bond donors (Lipinski definition) is 2. The first-order valence-electron chi connectivity index (χ1n) is 6.00. The van der Waals surface area contributed by atoms with Crippen LogP contribution >= 0.6 is 11.5 Å². The lowest BCUT2D eigenvalue weighted by Crippen LogP contribution is -2.25. The van der Waals surface area contributed by atoms with Gasteiger partial charge in [0.15, 0.2) is 0 Å². The third-order valence-corrected chi connectivity index (χ3v) is 3.78. The van der Waals surface area contributed by atoms with Gasteiger partial charge in [-0.15, -0.1) is 0 Å². The van der Waals surface area contributed by atoms with E-state index in [2.05, 4.69) is 14.7 Å². The van der Waals surface area contributed by atoms with Crippen LogP contribution in [0.25, 0.3) is 0 Å². The molecule has 0 radical (unpaired) electrons. The second kappa shape index (κ2) is 5.44. The predicted octanol–water partition coefficient (Wildman–Crippen LogP) is 2.47. The maximum atomic E-state index is 10.7. The molecule has 94 valence electrons. The van der Waals surface area contributed by atoms with E-state index in [1.807, 2.05) is 0 Å². The number of anilines is 1. The summed E-state index contributed by atoms with van der Waals surface area (Å²) in [5.41, 5.74) is 0. The van der Waals surface area contributed by atoms with Crippen LogP contribution in [-0.2, 0) is 4.79 Å². The van der Waals surface area contributed by atoms with E-state index in [0.29, 0.717) is 11.0 Å². The van der Waals surface area contributed by atoms with Gasteiger partial charge < -0.3 is 10.4 Å². The summed E-state index contributed by atoms with van der Waals surface area (Å²) in [6.45, 7) is 1.60. The summed E-state index contributed by atoms with van der Waals surface area (Å²) in [7, 11) is 0. The van der Waals surface area contributed by atoms with Gasteiger partial charge in [0.25, 0.3) is 0 Å². The van der Waals surface area contributed by atoms with E-state index in [0.717, 1.165) is 18.7 Å². The highest BCUT2D eigenvalue weighted by Crippen LogP contribution is 2.32. The third kappa shape index (κ3) is 3.15. The highest BCUT2D eigenvalue weighted by atomic mass is 32.1. The van der Waals surface area contributed by atoms with E-state index in [1.54, 1.807) is 6.92 Å². The Kier molecular flexibility index (Phi) is 3.93. The summed E-state index contributed by atoms with van der Waals surface area (Å²) in [5, 5.41) is 12.3. The summed E-state index contributed by atoms with van der Waals surface area (Å²) < 4.78 is 4.33. The highest BCUT2D eigenvalue weighted by molar-refractivity contribution is 7.09. The predicted molar refractivity (Wildman–Crippen MR) is 66.5 cm³/mol. The van der Waals surface area contributed by atoms with Gasteiger partial charge in [-0.25, -0.2) is 4.98 Å². The average Bonchev–Trinajstić information content (AvgIpc) is 2.78. The van der Waals surface area contributed by atoms with Gasteiger partial charge in [0, 0.05) is 17.5 Å². The zero-order chi connectivity index (χ0) is 12.3. The third-order valence-electron chi connectivity index (χ3n) is 3.12. The summed E-state index contributed by atoms with van der Waals surface area (Å²) in [4.78, 5) is 15.1. The summed E-state index contributed by atoms with van der Waals surface area (Å²) in [6.07, 6.45) is 6.12. The van der Waals surface area contributed by atoms with Crippen LogP contribution in [0, 0.1) is 0 Å². The molecule has 1 heterocycles. The fourth-order valence-electron chi connectivity index (χ4n) is 2.07. The van der Waals surface area contributed by atoms with Gasteiger partial charge >= 0.3 is 5.97 Å². The van der Waals surface area contributed by atoms with E-state index < -0.39 is 12.0 Å². The van der Waals surface area contributed by atoms with Crippen molar-refractivity contribution in [2.75, 3.05) is 5.32 Å². The minimum absolute atomic E-state index is 0.468. The summed E-state index contributed by atoms with van der Waals surface area (Å²) >= 11 is 1.25. The quantitative estimate of drug-likeness (QED) is 0.864. The van der Waals surface area contributed by atoms with Crippen molar-refractivity contribution in [3.05, 3.63) is 5.82 Å². The Labute approximate surface area is 104 Å². The largest absolute Gasteiger partial charge is 0.480 e. The molecule has 6 heteroatoms. The van der Waals surface area contributed by atoms with Crippen molar-refractivity contribution in [3.8, 4) is 0 Å². The standard InChI is InChI=1S/C11H17N3O2S/c1-7(10(15)16)12-11-13-9(14-17-11)8-5-3-2-4-6-8/h7-8H,2-6H2,1H3,(H,15,16)(H,12,13,14)/t7-/m0/s1. The molecule has 17 heavy (non-hydrogen) atoms. The molecule has 0 bridgehead atoms. The molecule has 2 rings (SSSR count). The first-order chi connectivity index (χ1) is 8.16. The average molecular weight is 255 g/mol. The highest BCUT2D eigenvalue weighted by Gasteiger charge is 2.20. The van der Waals surface area contributed by atoms with E-state index in [-0.39, 0.29) is 0 Å². The Bertz CT molecular complexity index is 388. The molecule has 1 aliphatic carbocycles. The minimum Gasteiger partial charge on any atom is -0.480 e. The SMILES string of the molecule is C[C@H](Nc1nc(C2CCCCC2)ns1)C(=O)O. The van der Waals surface area contributed by atoms with Crippen molar-refractivity contribution in [2.24, 2.45) is 0 Å². The fourth-order valence-corrected chi connectivity index (χ4v) is 2.80. The summed E-state index contributed by atoms with van der Waals surface area (Å²) in [5.74, 6) is 0.477. The molecule has 0 saturated heterocycles. The molecular weight excluding hydrogens is 238 g/mol. The first kappa shape index (κ1) is 12.3. The van der Waals surface area contributed by atoms with Crippen LogP contribution in [0.2, 0.25) is 0 Å². The Morgan fingerprint density at radius 2 is 2.18 bits per heavy atom. The van der Waals surface area contributed by atoms with Crippen LogP contribution in [0.4, 0.5) is 5.13 Å². The van der Waals surface area contributed by atoms with Crippen LogP contribution < -0.4 is 5.32 Å². The van der Waals surface area contributed by atoms with E-state index in [1.165, 1.54) is 30.8 Å². The number of aliphatic carboxylic acids is 1. The number of rotatable bonds is 4. The molecule has 1 saturated carbocycles. The molecule has 0 spiro atoms. The van der Waals surface area contributed by atoms with Gasteiger partial charge in [0.1, 0.15) is 11.9 Å². The van der Waals surface area contributed by atoms with Crippen molar-refractivity contribution in [1.29, 1.82) is 0 Å². The van der Waals surface area contributed by atoms with Crippen LogP contribution in [0.3, 0.4) is 0 Å². The molecule has 0 amide bonds. The molecule has 2 N–H and O–H groups in total. The van der Waals surface area contributed by atoms with Crippen molar-refractivity contribution in [1.82, 2.24) is 9.36 Å². The number of aromatic nitrogens is 2. The Hall–Kier alpha value is -1.17. The van der Waals surface area contributed by atoms with E-state index in [4.69, 9.17) is 5.11 Å². The zero-order valence-electron chi connectivity index (χ0n) is 9.85. The second-order valence-corrected chi connectivity index (χ2v) is 5.25. The van der Waals surface area contributed by atoms with Gasteiger partial charge in [-0.2, -0.15) is 4.37 Å². The molecule has 0 unspecified atom stereocenters. The van der Waals surface area contributed by atoms with Crippen LogP contribution in [0.15, 0.2) is 0 Å². The number of nitrogens with zero attached hydrogens (tertiary/aromatic N) is 2. The number of carboxylic acid groups (broad SMARTS) is 1. The lowest BCUT2D eigenvalue weighted by molar-refractivity contribution is -0.137. The number of nitrogens with one attached hydrogen (secondary N) is 1. The second-order valence-electron chi connectivity index (χ2n) is 4.50. The smallest absolute Gasteiger partial charge is 0.325 e. The van der Waals surface area contributed by atoms with Crippen LogP contribution in [0.1, 0.15) is 50.8 Å². The normalized spacial score (nSPS) is 18.9. The maximum absolute atomic E-state index is 10.7. The molecule has 1 fully saturated rings. The van der Waals surface area contributed by atoms with Crippen molar-refractivity contribution in [3.63, 3.8) is 0 Å². The monoisotopic (exact) mass is 255 g/mol. The molecule has 1 atom stereocenters. The first-order valence-corrected chi connectivity index (χ1v) is 6.77. The lowest BCUT2D eigenvalue weighted by Gasteiger charge is -2.18. The maximum Gasteiger partial charge on any atom is 0.325 e. The molecule has 5 nitrogen and oxygen atoms in total. The topological polar surface area (TPSA) is 75.1 Å². The molecule has 1 aliphatic rings. The van der Waals surface area contributed by atoms with Gasteiger partial charge in [-0.3, -0.25) is 4.79 Å². The Balaban J connectivity index is 1.97. The van der Waals surface area contributed by atoms with Gasteiger partial charge in [0.2, 0.25) is 5.13 Å². The van der Waals surface area contributed by atoms with E-state index >= 15 is 0 Å². The van der Waals surface area contributed by atoms with Crippen LogP contribution in [0.5, 0.6) is 0 Å². The zero-order valence-corrected chi connectivity index (χ0v) is 10.7. The van der Waals surface area contributed by atoms with Gasteiger partial charge in [0.05, 0.1) is 0 Å². The molecule has 0 aliphatic heterocycles. The van der Waals surface area contributed by atoms with Gasteiger partial charge in [-0.05, 0) is 19.8 Å². The number of hydrogen-bond acceptors (Lipinski definition) is 5. The van der Waals surface area contributed by atoms with Crippen molar-refractivity contribution in [2.45, 2.75) is 51.0 Å². The Morgan fingerprint density at radius 3 is 2.82 bits per heavy atom. The number of carbonyl (C=O) groups is 1. The molecule has 0 aromatic carbocycles. The molecular formula is C11H17N3O2S. The fraction of sp³-hybridized carbons (Fsp3) is 0.727. The van der Waals surface area contributed by atoms with Crippen molar-refractivity contribution < 1.29 is 9.90 Å². The van der Waals surface area contributed by atoms with E-state index in [9.17, 15) is 4.79 Å². The van der Waals surface area contributed by atoms with Crippen LogP contribution in [-0.4, -0.2) is 26.5 Å². The number of carboxylic acids is 1. The minimum atomic E-state index is -0.876. The Morgan fingerprint density at radius 1 is 1.47 bits per heavy atom. The molecule has 1 aromatic rings. The van der Waals surface area contributed by atoms with Gasteiger partial charge in [-0.1, -0.05) is 19.3 Å².